The van der Waals surface area contributed by atoms with Crippen LogP contribution in [0.5, 0.6) is 0 Å². The fraction of sp³-hybridized carbons (Fsp3) is 0.500. The van der Waals surface area contributed by atoms with E-state index in [-0.39, 0.29) is 5.41 Å². The molecule has 14 heavy (non-hydrogen) atoms. The van der Waals surface area contributed by atoms with Gasteiger partial charge in [-0.15, -0.1) is 11.7 Å². The van der Waals surface area contributed by atoms with Crippen molar-refractivity contribution in [3.63, 3.8) is 0 Å². The minimum absolute atomic E-state index is 0.231. The molecule has 0 saturated heterocycles. The highest BCUT2D eigenvalue weighted by molar-refractivity contribution is 8.68. The summed E-state index contributed by atoms with van der Waals surface area (Å²) in [5.41, 5.74) is 4.29. The zero-order chi connectivity index (χ0) is 10.9. The molecular formula is C12H18S2. The molecule has 0 heterocycles. The zero-order valence-corrected chi connectivity index (χ0v) is 11.2. The van der Waals surface area contributed by atoms with Gasteiger partial charge in [-0.1, -0.05) is 43.7 Å². The summed E-state index contributed by atoms with van der Waals surface area (Å²) < 4.78 is 0. The third-order valence-electron chi connectivity index (χ3n) is 2.42. The van der Waals surface area contributed by atoms with Crippen LogP contribution in [0, 0.1) is 13.8 Å². The first kappa shape index (κ1) is 12.0. The van der Waals surface area contributed by atoms with Crippen molar-refractivity contribution in [3.8, 4) is 0 Å². The van der Waals surface area contributed by atoms with Gasteiger partial charge in [-0.3, -0.25) is 0 Å². The molecule has 0 N–H and O–H groups in total. The van der Waals surface area contributed by atoms with Crippen LogP contribution in [-0.4, -0.2) is 0 Å². The van der Waals surface area contributed by atoms with Crippen molar-refractivity contribution < 1.29 is 0 Å². The van der Waals surface area contributed by atoms with E-state index in [9.17, 15) is 0 Å². The van der Waals surface area contributed by atoms with Gasteiger partial charge in [0.05, 0.1) is 0 Å². The Morgan fingerprint density at radius 3 is 1.79 bits per heavy atom. The van der Waals surface area contributed by atoms with Crippen molar-refractivity contribution in [1.82, 2.24) is 0 Å². The molecule has 0 aliphatic carbocycles. The van der Waals surface area contributed by atoms with Crippen molar-refractivity contribution in [1.29, 1.82) is 0 Å². The molecule has 0 aliphatic rings. The number of thiol groups is 1. The van der Waals surface area contributed by atoms with Gasteiger partial charge in [0.1, 0.15) is 0 Å². The SMILES string of the molecule is Cc1cc(C(C)(C)C)cc(C)c1SS. The molecule has 1 rings (SSSR count). The summed E-state index contributed by atoms with van der Waals surface area (Å²) in [6.45, 7) is 11.0. The van der Waals surface area contributed by atoms with Crippen LogP contribution in [0.15, 0.2) is 17.0 Å². The average Bonchev–Trinajstić information content (AvgIpc) is 2.01. The Kier molecular flexibility index (Phi) is 3.59. The third-order valence-corrected chi connectivity index (χ3v) is 3.79. The van der Waals surface area contributed by atoms with Gasteiger partial charge in [0.15, 0.2) is 0 Å². The van der Waals surface area contributed by atoms with E-state index < -0.39 is 0 Å². The Morgan fingerprint density at radius 1 is 1.07 bits per heavy atom. The van der Waals surface area contributed by atoms with Gasteiger partial charge in [-0.25, -0.2) is 0 Å². The lowest BCUT2D eigenvalue weighted by Crippen LogP contribution is -2.11. The van der Waals surface area contributed by atoms with Crippen molar-refractivity contribution >= 4 is 22.5 Å². The Morgan fingerprint density at radius 2 is 1.50 bits per heavy atom. The second-order valence-corrected chi connectivity index (χ2v) is 5.92. The van der Waals surface area contributed by atoms with Crippen molar-refractivity contribution in [2.75, 3.05) is 0 Å². The monoisotopic (exact) mass is 226 g/mol. The predicted molar refractivity (Wildman–Crippen MR) is 69.5 cm³/mol. The van der Waals surface area contributed by atoms with Crippen LogP contribution in [0.1, 0.15) is 37.5 Å². The highest BCUT2D eigenvalue weighted by atomic mass is 33.1. The molecule has 0 fully saturated rings. The third kappa shape index (κ3) is 2.48. The minimum Gasteiger partial charge on any atom is -0.106 e. The number of rotatable bonds is 1. The summed E-state index contributed by atoms with van der Waals surface area (Å²) in [7, 11) is 1.54. The maximum absolute atomic E-state index is 4.27. The highest BCUT2D eigenvalue weighted by Gasteiger charge is 2.15. The van der Waals surface area contributed by atoms with Gasteiger partial charge in [0.2, 0.25) is 0 Å². The molecule has 0 radical (unpaired) electrons. The Balaban J connectivity index is 3.28. The van der Waals surface area contributed by atoms with E-state index in [2.05, 4.69) is 58.4 Å². The van der Waals surface area contributed by atoms with E-state index in [4.69, 9.17) is 0 Å². The molecule has 0 bridgehead atoms. The zero-order valence-electron chi connectivity index (χ0n) is 9.51. The van der Waals surface area contributed by atoms with Gasteiger partial charge in [-0.2, -0.15) is 0 Å². The van der Waals surface area contributed by atoms with Crippen LogP contribution in [0.4, 0.5) is 0 Å². The quantitative estimate of drug-likeness (QED) is 0.542. The minimum atomic E-state index is 0.231. The molecule has 0 aliphatic heterocycles. The highest BCUT2D eigenvalue weighted by Crippen LogP contribution is 2.33. The lowest BCUT2D eigenvalue weighted by molar-refractivity contribution is 0.588. The van der Waals surface area contributed by atoms with Gasteiger partial charge in [0.25, 0.3) is 0 Å². The molecule has 1 aromatic rings. The molecule has 0 nitrogen and oxygen atoms in total. The van der Waals surface area contributed by atoms with Crippen molar-refractivity contribution in [2.24, 2.45) is 0 Å². The van der Waals surface area contributed by atoms with E-state index in [1.54, 1.807) is 0 Å². The van der Waals surface area contributed by atoms with Crippen LogP contribution in [0.25, 0.3) is 0 Å². The lowest BCUT2D eigenvalue weighted by atomic mass is 9.85. The van der Waals surface area contributed by atoms with Gasteiger partial charge in [0, 0.05) is 4.90 Å². The predicted octanol–water partition coefficient (Wildman–Crippen LogP) is 4.54. The standard InChI is InChI=1S/C12H18S2/c1-8-6-10(12(3,4)5)7-9(2)11(8)14-13/h6-7,13H,1-5H3. The Hall–Kier alpha value is -0.0800. The van der Waals surface area contributed by atoms with E-state index in [0.717, 1.165) is 0 Å². The smallest absolute Gasteiger partial charge is 0.0238 e. The molecule has 1 aromatic carbocycles. The Bertz CT molecular complexity index is 312. The molecule has 2 heteroatoms. The fourth-order valence-corrected chi connectivity index (χ4v) is 2.80. The van der Waals surface area contributed by atoms with E-state index >= 15 is 0 Å². The lowest BCUT2D eigenvalue weighted by Gasteiger charge is -2.21. The van der Waals surface area contributed by atoms with E-state index in [1.807, 2.05) is 0 Å². The van der Waals surface area contributed by atoms with Crippen LogP contribution in [0.3, 0.4) is 0 Å². The molecule has 0 aromatic heterocycles. The first-order valence-corrected chi connectivity index (χ1v) is 6.66. The van der Waals surface area contributed by atoms with Gasteiger partial charge >= 0.3 is 0 Å². The molecule has 0 unspecified atom stereocenters. The summed E-state index contributed by atoms with van der Waals surface area (Å²) in [5, 5.41) is 0. The van der Waals surface area contributed by atoms with Crippen LogP contribution in [-0.2, 0) is 5.41 Å². The molecule has 0 saturated carbocycles. The number of hydrogen-bond donors (Lipinski definition) is 1. The molecule has 0 spiro atoms. The fourth-order valence-electron chi connectivity index (χ4n) is 1.53. The van der Waals surface area contributed by atoms with Crippen molar-refractivity contribution in [3.05, 3.63) is 28.8 Å². The molecule has 0 amide bonds. The van der Waals surface area contributed by atoms with Gasteiger partial charge < -0.3 is 0 Å². The summed E-state index contributed by atoms with van der Waals surface area (Å²) in [6.07, 6.45) is 0. The van der Waals surface area contributed by atoms with Gasteiger partial charge in [-0.05, 0) is 36.0 Å². The van der Waals surface area contributed by atoms with E-state index in [0.29, 0.717) is 0 Å². The second-order valence-electron chi connectivity index (χ2n) is 4.78. The summed E-state index contributed by atoms with van der Waals surface area (Å²) in [6, 6.07) is 4.54. The first-order chi connectivity index (χ1) is 6.36. The second kappa shape index (κ2) is 4.19. The maximum Gasteiger partial charge on any atom is 0.0238 e. The average molecular weight is 226 g/mol. The summed E-state index contributed by atoms with van der Waals surface area (Å²) in [4.78, 5) is 1.29. The number of benzene rings is 1. The topological polar surface area (TPSA) is 0 Å². The van der Waals surface area contributed by atoms with Crippen LogP contribution in [0.2, 0.25) is 0 Å². The largest absolute Gasteiger partial charge is 0.106 e. The maximum atomic E-state index is 4.27. The summed E-state index contributed by atoms with van der Waals surface area (Å²) >= 11 is 4.27. The Labute approximate surface area is 96.3 Å². The molecular weight excluding hydrogens is 208 g/mol. The summed E-state index contributed by atoms with van der Waals surface area (Å²) in [5.74, 6) is 0. The van der Waals surface area contributed by atoms with Crippen LogP contribution >= 0.6 is 22.5 Å². The first-order valence-electron chi connectivity index (χ1n) is 4.79. The normalized spacial score (nSPS) is 11.9. The molecule has 78 valence electrons. The number of hydrogen-bond acceptors (Lipinski definition) is 2. The van der Waals surface area contributed by atoms with Crippen molar-refractivity contribution in [2.45, 2.75) is 44.9 Å². The van der Waals surface area contributed by atoms with E-state index in [1.165, 1.54) is 32.4 Å². The number of aryl methyl sites for hydroxylation is 2. The molecule has 0 atom stereocenters. The van der Waals surface area contributed by atoms with Crippen LogP contribution < -0.4 is 0 Å².